The molecule has 0 amide bonds. The van der Waals surface area contributed by atoms with E-state index in [0.29, 0.717) is 13.2 Å². The molecule has 1 saturated carbocycles. The third-order valence-corrected chi connectivity index (χ3v) is 3.28. The van der Waals surface area contributed by atoms with E-state index in [1.54, 1.807) is 0 Å². The summed E-state index contributed by atoms with van der Waals surface area (Å²) < 4.78 is 10.8. The van der Waals surface area contributed by atoms with Gasteiger partial charge in [0.05, 0.1) is 13.2 Å². The molecule has 16 heavy (non-hydrogen) atoms. The van der Waals surface area contributed by atoms with Crippen molar-refractivity contribution in [2.24, 2.45) is 5.73 Å². The molecule has 3 rings (SSSR count). The Morgan fingerprint density at radius 2 is 1.94 bits per heavy atom. The van der Waals surface area contributed by atoms with Crippen molar-refractivity contribution in [3.63, 3.8) is 0 Å². The van der Waals surface area contributed by atoms with E-state index in [9.17, 15) is 0 Å². The van der Waals surface area contributed by atoms with Crippen LogP contribution in [0.3, 0.4) is 0 Å². The standard InChI is InChI=1S/C13H17NO2/c14-13(5-6-13)7-10-1-3-11(4-2-10)16-12-8-15-9-12/h1-4,12H,5-9,14H2. The van der Waals surface area contributed by atoms with Gasteiger partial charge in [0.25, 0.3) is 0 Å². The Kier molecular flexibility index (Phi) is 2.37. The smallest absolute Gasteiger partial charge is 0.145 e. The Morgan fingerprint density at radius 1 is 1.25 bits per heavy atom. The molecule has 1 aliphatic heterocycles. The first-order valence-corrected chi connectivity index (χ1v) is 5.86. The highest BCUT2D eigenvalue weighted by Crippen LogP contribution is 2.35. The maximum Gasteiger partial charge on any atom is 0.145 e. The normalized spacial score (nSPS) is 22.6. The SMILES string of the molecule is NC1(Cc2ccc(OC3COC3)cc2)CC1. The minimum absolute atomic E-state index is 0.0875. The molecule has 1 aliphatic carbocycles. The molecule has 2 fully saturated rings. The molecular formula is C13H17NO2. The van der Waals surface area contributed by atoms with Crippen molar-refractivity contribution in [1.29, 1.82) is 0 Å². The largest absolute Gasteiger partial charge is 0.486 e. The Hall–Kier alpha value is -1.06. The fourth-order valence-electron chi connectivity index (χ4n) is 1.90. The summed E-state index contributed by atoms with van der Waals surface area (Å²) in [4.78, 5) is 0. The van der Waals surface area contributed by atoms with Gasteiger partial charge in [0.1, 0.15) is 11.9 Å². The molecule has 2 aliphatic rings. The summed E-state index contributed by atoms with van der Waals surface area (Å²) in [5.74, 6) is 0.930. The van der Waals surface area contributed by atoms with Crippen LogP contribution in [0.15, 0.2) is 24.3 Å². The lowest BCUT2D eigenvalue weighted by molar-refractivity contribution is -0.0796. The van der Waals surface area contributed by atoms with Gasteiger partial charge in [-0.25, -0.2) is 0 Å². The third-order valence-electron chi connectivity index (χ3n) is 3.28. The predicted octanol–water partition coefficient (Wildman–Crippen LogP) is 1.50. The van der Waals surface area contributed by atoms with Crippen molar-refractivity contribution in [2.75, 3.05) is 13.2 Å². The van der Waals surface area contributed by atoms with Crippen molar-refractivity contribution in [3.05, 3.63) is 29.8 Å². The zero-order valence-electron chi connectivity index (χ0n) is 9.32. The lowest BCUT2D eigenvalue weighted by Gasteiger charge is -2.26. The van der Waals surface area contributed by atoms with E-state index in [2.05, 4.69) is 12.1 Å². The number of benzene rings is 1. The molecule has 3 nitrogen and oxygen atoms in total. The Bertz CT molecular complexity index is 366. The molecule has 0 spiro atoms. The highest BCUT2D eigenvalue weighted by molar-refractivity contribution is 5.29. The topological polar surface area (TPSA) is 44.5 Å². The minimum atomic E-state index is 0.0875. The van der Waals surface area contributed by atoms with Gasteiger partial charge in [0.15, 0.2) is 0 Å². The zero-order valence-corrected chi connectivity index (χ0v) is 9.32. The fourth-order valence-corrected chi connectivity index (χ4v) is 1.90. The molecule has 2 N–H and O–H groups in total. The first kappa shape index (κ1) is 10.1. The molecular weight excluding hydrogens is 202 g/mol. The van der Waals surface area contributed by atoms with Crippen molar-refractivity contribution in [1.82, 2.24) is 0 Å². The van der Waals surface area contributed by atoms with Crippen LogP contribution in [-0.2, 0) is 11.2 Å². The molecule has 1 heterocycles. The van der Waals surface area contributed by atoms with Gasteiger partial charge in [-0.05, 0) is 37.0 Å². The average Bonchev–Trinajstić information content (AvgIpc) is 2.92. The van der Waals surface area contributed by atoms with Gasteiger partial charge in [-0.3, -0.25) is 0 Å². The maximum atomic E-state index is 6.08. The Labute approximate surface area is 95.5 Å². The van der Waals surface area contributed by atoms with E-state index in [1.165, 1.54) is 5.56 Å². The van der Waals surface area contributed by atoms with Crippen molar-refractivity contribution < 1.29 is 9.47 Å². The van der Waals surface area contributed by atoms with Gasteiger partial charge >= 0.3 is 0 Å². The Morgan fingerprint density at radius 3 is 2.44 bits per heavy atom. The lowest BCUT2D eigenvalue weighted by atomic mass is 10.1. The van der Waals surface area contributed by atoms with E-state index < -0.39 is 0 Å². The monoisotopic (exact) mass is 219 g/mol. The summed E-state index contributed by atoms with van der Waals surface area (Å²) in [5.41, 5.74) is 7.47. The van der Waals surface area contributed by atoms with E-state index in [1.807, 2.05) is 12.1 Å². The molecule has 0 bridgehead atoms. The van der Waals surface area contributed by atoms with Gasteiger partial charge < -0.3 is 15.2 Å². The summed E-state index contributed by atoms with van der Waals surface area (Å²) in [6.45, 7) is 1.43. The average molecular weight is 219 g/mol. The molecule has 1 aromatic rings. The molecule has 3 heteroatoms. The third kappa shape index (κ3) is 2.20. The predicted molar refractivity (Wildman–Crippen MR) is 61.5 cm³/mol. The van der Waals surface area contributed by atoms with Crippen LogP contribution in [-0.4, -0.2) is 24.9 Å². The molecule has 1 saturated heterocycles. The van der Waals surface area contributed by atoms with Crippen LogP contribution in [0.2, 0.25) is 0 Å². The van der Waals surface area contributed by atoms with Crippen molar-refractivity contribution in [2.45, 2.75) is 30.9 Å². The maximum absolute atomic E-state index is 6.08. The second kappa shape index (κ2) is 3.75. The summed E-state index contributed by atoms with van der Waals surface area (Å²) in [7, 11) is 0. The zero-order chi connectivity index (χ0) is 11.0. The fraction of sp³-hybridized carbons (Fsp3) is 0.538. The second-order valence-electron chi connectivity index (χ2n) is 4.96. The van der Waals surface area contributed by atoms with E-state index in [-0.39, 0.29) is 11.6 Å². The number of nitrogens with two attached hydrogens (primary N) is 1. The Balaban J connectivity index is 1.60. The van der Waals surface area contributed by atoms with Crippen LogP contribution in [0.25, 0.3) is 0 Å². The van der Waals surface area contributed by atoms with Gasteiger partial charge in [-0.2, -0.15) is 0 Å². The van der Waals surface area contributed by atoms with Crippen LogP contribution in [0.5, 0.6) is 5.75 Å². The van der Waals surface area contributed by atoms with Crippen LogP contribution in [0, 0.1) is 0 Å². The van der Waals surface area contributed by atoms with Gasteiger partial charge in [0.2, 0.25) is 0 Å². The summed E-state index contributed by atoms with van der Waals surface area (Å²) in [5, 5.41) is 0. The van der Waals surface area contributed by atoms with Crippen LogP contribution >= 0.6 is 0 Å². The number of hydrogen-bond donors (Lipinski definition) is 1. The summed E-state index contributed by atoms with van der Waals surface area (Å²) in [6.07, 6.45) is 3.55. The van der Waals surface area contributed by atoms with Crippen molar-refractivity contribution >= 4 is 0 Å². The van der Waals surface area contributed by atoms with E-state index >= 15 is 0 Å². The number of ether oxygens (including phenoxy) is 2. The summed E-state index contributed by atoms with van der Waals surface area (Å²) >= 11 is 0. The molecule has 1 aromatic carbocycles. The van der Waals surface area contributed by atoms with Gasteiger partial charge in [-0.1, -0.05) is 12.1 Å². The second-order valence-corrected chi connectivity index (χ2v) is 4.96. The number of hydrogen-bond acceptors (Lipinski definition) is 3. The van der Waals surface area contributed by atoms with Crippen LogP contribution in [0.4, 0.5) is 0 Å². The molecule has 0 atom stereocenters. The van der Waals surface area contributed by atoms with E-state index in [0.717, 1.165) is 25.0 Å². The molecule has 0 unspecified atom stereocenters. The van der Waals surface area contributed by atoms with Gasteiger partial charge in [-0.15, -0.1) is 0 Å². The van der Waals surface area contributed by atoms with Crippen LogP contribution < -0.4 is 10.5 Å². The quantitative estimate of drug-likeness (QED) is 0.834. The molecule has 0 aromatic heterocycles. The van der Waals surface area contributed by atoms with Gasteiger partial charge in [0, 0.05) is 5.54 Å². The first-order chi connectivity index (χ1) is 7.73. The molecule has 86 valence electrons. The highest BCUT2D eigenvalue weighted by Gasteiger charge is 2.37. The molecule has 0 radical (unpaired) electrons. The van der Waals surface area contributed by atoms with E-state index in [4.69, 9.17) is 15.2 Å². The number of rotatable bonds is 4. The lowest BCUT2D eigenvalue weighted by Crippen LogP contribution is -2.38. The first-order valence-electron chi connectivity index (χ1n) is 5.86. The van der Waals surface area contributed by atoms with Crippen molar-refractivity contribution in [3.8, 4) is 5.75 Å². The van der Waals surface area contributed by atoms with Crippen LogP contribution in [0.1, 0.15) is 18.4 Å². The minimum Gasteiger partial charge on any atom is -0.486 e. The summed E-state index contributed by atoms with van der Waals surface area (Å²) in [6, 6.07) is 8.28. The highest BCUT2D eigenvalue weighted by atomic mass is 16.6.